The maximum atomic E-state index is 14.5. The number of carbonyl (C=O) groups excluding carboxylic acids is 3. The van der Waals surface area contributed by atoms with Crippen molar-refractivity contribution in [1.82, 2.24) is 0 Å². The van der Waals surface area contributed by atoms with Crippen molar-refractivity contribution in [3.63, 3.8) is 0 Å². The molecule has 0 radical (unpaired) electrons. The largest absolute Gasteiger partial charge is 0.459 e. The van der Waals surface area contributed by atoms with Crippen molar-refractivity contribution in [3.05, 3.63) is 47.0 Å². The number of hydrogen-bond donors (Lipinski definition) is 4. The van der Waals surface area contributed by atoms with Crippen molar-refractivity contribution in [1.29, 1.82) is 0 Å². The van der Waals surface area contributed by atoms with E-state index in [1.165, 1.54) is 13.8 Å². The summed E-state index contributed by atoms with van der Waals surface area (Å²) in [4.78, 5) is 40.6. The fourth-order valence-corrected chi connectivity index (χ4v) is 8.11. The Morgan fingerprint density at radius 3 is 2.30 bits per heavy atom. The summed E-state index contributed by atoms with van der Waals surface area (Å²) in [5.74, 6) is -2.26. The number of hydrogen-bond acceptors (Lipinski definition) is 10. The maximum absolute atomic E-state index is 14.5. The van der Waals surface area contributed by atoms with Gasteiger partial charge in [0.05, 0.1) is 41.3 Å². The number of Topliss-reactive ketones (excluding diaryl/α,β-unsaturated/α-hetero) is 1. The van der Waals surface area contributed by atoms with Crippen molar-refractivity contribution in [2.24, 2.45) is 16.2 Å². The smallest absolute Gasteiger partial charge is 0.338 e. The molecule has 3 fully saturated rings. The zero-order chi connectivity index (χ0) is 29.4. The minimum absolute atomic E-state index is 0.0176. The van der Waals surface area contributed by atoms with Gasteiger partial charge in [-0.15, -0.1) is 0 Å². The van der Waals surface area contributed by atoms with E-state index in [-0.39, 0.29) is 37.0 Å². The Morgan fingerprint density at radius 1 is 1.02 bits per heavy atom. The Morgan fingerprint density at radius 2 is 1.68 bits per heavy atom. The Kier molecular flexibility index (Phi) is 6.83. The van der Waals surface area contributed by atoms with Gasteiger partial charge in [-0.1, -0.05) is 32.0 Å². The van der Waals surface area contributed by atoms with Gasteiger partial charge in [0.2, 0.25) is 0 Å². The summed E-state index contributed by atoms with van der Waals surface area (Å²) in [6.45, 7) is 7.34. The van der Waals surface area contributed by atoms with E-state index < -0.39 is 76.2 Å². The number of esters is 2. The van der Waals surface area contributed by atoms with Crippen molar-refractivity contribution < 1.29 is 49.0 Å². The molecule has 40 heavy (non-hydrogen) atoms. The highest BCUT2D eigenvalue weighted by atomic mass is 16.6. The van der Waals surface area contributed by atoms with E-state index in [0.717, 1.165) is 0 Å². The summed E-state index contributed by atoms with van der Waals surface area (Å²) in [6, 6.07) is 8.13. The molecule has 1 heterocycles. The molecule has 3 aliphatic carbocycles. The van der Waals surface area contributed by atoms with Crippen LogP contribution in [-0.4, -0.2) is 87.0 Å². The molecule has 4 N–H and O–H groups in total. The number of carbonyl (C=O) groups is 3. The van der Waals surface area contributed by atoms with E-state index in [2.05, 4.69) is 0 Å². The topological polar surface area (TPSA) is 160 Å². The molecule has 2 saturated carbocycles. The van der Waals surface area contributed by atoms with Crippen LogP contribution in [0.25, 0.3) is 0 Å². The number of fused-ring (bicyclic) bond motifs is 3. The minimum Gasteiger partial charge on any atom is -0.459 e. The van der Waals surface area contributed by atoms with Gasteiger partial charge in [-0.25, -0.2) is 4.79 Å². The van der Waals surface area contributed by atoms with Crippen LogP contribution in [-0.2, 0) is 23.8 Å². The van der Waals surface area contributed by atoms with Crippen molar-refractivity contribution >= 4 is 17.7 Å². The maximum Gasteiger partial charge on any atom is 0.338 e. The second-order valence-electron chi connectivity index (χ2n) is 12.5. The molecular weight excluding hydrogens is 520 g/mol. The summed E-state index contributed by atoms with van der Waals surface area (Å²) in [5, 5.41) is 47.3. The van der Waals surface area contributed by atoms with E-state index >= 15 is 0 Å². The number of ether oxygens (including phenoxy) is 3. The summed E-state index contributed by atoms with van der Waals surface area (Å²) < 4.78 is 18.0. The van der Waals surface area contributed by atoms with Gasteiger partial charge in [0.15, 0.2) is 5.78 Å². The number of rotatable bonds is 3. The van der Waals surface area contributed by atoms with Crippen molar-refractivity contribution in [3.8, 4) is 0 Å². The third kappa shape index (κ3) is 3.69. The lowest BCUT2D eigenvalue weighted by Crippen LogP contribution is -2.80. The Labute approximate surface area is 232 Å². The molecule has 1 aliphatic heterocycles. The van der Waals surface area contributed by atoms with Gasteiger partial charge in [0.1, 0.15) is 23.9 Å². The molecule has 4 aliphatic rings. The summed E-state index contributed by atoms with van der Waals surface area (Å²) in [5.41, 5.74) is -6.44. The van der Waals surface area contributed by atoms with Crippen LogP contribution in [0, 0.1) is 16.2 Å². The van der Waals surface area contributed by atoms with Crippen molar-refractivity contribution in [2.45, 2.75) is 96.1 Å². The molecule has 1 aromatic rings. The Bertz CT molecular complexity index is 1260. The van der Waals surface area contributed by atoms with E-state index in [0.29, 0.717) is 5.57 Å². The zero-order valence-corrected chi connectivity index (χ0v) is 23.4. The van der Waals surface area contributed by atoms with Gasteiger partial charge in [0, 0.05) is 25.2 Å². The monoisotopic (exact) mass is 558 g/mol. The summed E-state index contributed by atoms with van der Waals surface area (Å²) in [7, 11) is 0. The van der Waals surface area contributed by atoms with E-state index in [4.69, 9.17) is 14.2 Å². The highest BCUT2D eigenvalue weighted by Gasteiger charge is 2.78. The molecule has 0 amide bonds. The van der Waals surface area contributed by atoms with Crippen LogP contribution in [0.1, 0.15) is 64.2 Å². The molecule has 4 bridgehead atoms. The van der Waals surface area contributed by atoms with Crippen LogP contribution < -0.4 is 0 Å². The first-order valence-corrected chi connectivity index (χ1v) is 13.7. The van der Waals surface area contributed by atoms with Gasteiger partial charge in [-0.05, 0) is 43.5 Å². The lowest BCUT2D eigenvalue weighted by atomic mass is 9.40. The van der Waals surface area contributed by atoms with Crippen LogP contribution in [0.5, 0.6) is 0 Å². The molecule has 5 rings (SSSR count). The number of aliphatic hydroxyl groups excluding tert-OH is 3. The van der Waals surface area contributed by atoms with E-state index in [1.54, 1.807) is 51.1 Å². The number of aliphatic hydroxyl groups is 4. The highest BCUT2D eigenvalue weighted by molar-refractivity contribution is 5.94. The quantitative estimate of drug-likeness (QED) is 0.316. The molecular formula is C30H38O10. The SMILES string of the molecule is CC(=O)OC1CO[C@@H]2CC(O)C3(C)C(=O)C(O)C4=C(C)[C@@H](O)C[C@@](O)([C@@H](OC(=O)c5ccccc5)C13C2)C4(C)C. The normalized spacial score (nSPS) is 42.3. The Hall–Kier alpha value is -2.63. The molecule has 10 heteroatoms. The zero-order valence-electron chi connectivity index (χ0n) is 23.4. The molecule has 1 saturated heterocycles. The molecule has 218 valence electrons. The molecule has 0 aromatic heterocycles. The van der Waals surface area contributed by atoms with Gasteiger partial charge in [-0.3, -0.25) is 9.59 Å². The van der Waals surface area contributed by atoms with Crippen LogP contribution in [0.3, 0.4) is 0 Å². The predicted octanol–water partition coefficient (Wildman–Crippen LogP) is 1.47. The lowest BCUT2D eigenvalue weighted by Gasteiger charge is -2.68. The van der Waals surface area contributed by atoms with E-state index in [9.17, 15) is 34.8 Å². The fourth-order valence-electron chi connectivity index (χ4n) is 8.11. The number of ketones is 1. The van der Waals surface area contributed by atoms with Crippen molar-refractivity contribution in [2.75, 3.05) is 6.61 Å². The fraction of sp³-hybridized carbons (Fsp3) is 0.633. The third-order valence-electron chi connectivity index (χ3n) is 10.4. The highest BCUT2D eigenvalue weighted by Crippen LogP contribution is 2.67. The number of benzene rings is 1. The first-order valence-electron chi connectivity index (χ1n) is 13.7. The molecule has 9 atom stereocenters. The minimum atomic E-state index is -2.08. The van der Waals surface area contributed by atoms with Crippen LogP contribution >= 0.6 is 0 Å². The molecule has 1 aromatic carbocycles. The van der Waals surface area contributed by atoms with Gasteiger partial charge < -0.3 is 34.6 Å². The molecule has 10 nitrogen and oxygen atoms in total. The first kappa shape index (κ1) is 28.9. The third-order valence-corrected chi connectivity index (χ3v) is 10.4. The van der Waals surface area contributed by atoms with E-state index in [1.807, 2.05) is 0 Å². The van der Waals surface area contributed by atoms with Gasteiger partial charge in [-0.2, -0.15) is 0 Å². The van der Waals surface area contributed by atoms with Crippen LogP contribution in [0.15, 0.2) is 41.5 Å². The predicted molar refractivity (Wildman–Crippen MR) is 140 cm³/mol. The standard InChI is InChI=1S/C30H38O10/c1-15-19(32)13-30(37)26(40-25(36)17-9-7-6-8-10-17)29-12-18(38-14-21(29)39-16(2)31)11-20(33)28(29,5)24(35)23(34)22(15)27(30,3)4/h6-10,18-21,23,26,32-34,37H,11-14H2,1-5H3/t18-,19+,20?,21?,23?,26+,28?,29?,30-/m1/s1. The molecule has 1 spiro atoms. The average Bonchev–Trinajstić information content (AvgIpc) is 2.89. The second kappa shape index (κ2) is 9.46. The lowest BCUT2D eigenvalue weighted by molar-refractivity contribution is -0.312. The van der Waals surface area contributed by atoms with Crippen LogP contribution in [0.2, 0.25) is 0 Å². The average molecular weight is 559 g/mol. The first-order chi connectivity index (χ1) is 18.6. The second-order valence-corrected chi connectivity index (χ2v) is 12.5. The summed E-state index contributed by atoms with van der Waals surface area (Å²) >= 11 is 0. The van der Waals surface area contributed by atoms with Crippen LogP contribution in [0.4, 0.5) is 0 Å². The summed E-state index contributed by atoms with van der Waals surface area (Å²) in [6.07, 6.45) is -8.17. The molecule has 5 unspecified atom stereocenters. The Balaban J connectivity index is 1.86. The van der Waals surface area contributed by atoms with Gasteiger partial charge in [0.25, 0.3) is 0 Å². The van der Waals surface area contributed by atoms with Gasteiger partial charge >= 0.3 is 11.9 Å².